The number of carbonyl (C=O) groups is 1. The topological polar surface area (TPSA) is 59.1 Å². The third-order valence-corrected chi connectivity index (χ3v) is 4.87. The van der Waals surface area contributed by atoms with Gasteiger partial charge in [-0.15, -0.1) is 0 Å². The summed E-state index contributed by atoms with van der Waals surface area (Å²) in [5.74, 6) is -0.0138. The largest absolute Gasteiger partial charge is 0.390 e. The number of aliphatic hydroxyl groups excluding tert-OH is 1. The van der Waals surface area contributed by atoms with Crippen LogP contribution in [0.15, 0.2) is 18.2 Å². The third-order valence-electron chi connectivity index (χ3n) is 4.87. The molecule has 0 radical (unpaired) electrons. The molecule has 0 spiro atoms. The van der Waals surface area contributed by atoms with E-state index in [-0.39, 0.29) is 12.5 Å². The molecule has 1 heterocycles. The van der Waals surface area contributed by atoms with E-state index in [9.17, 15) is 9.90 Å². The predicted octanol–water partition coefficient (Wildman–Crippen LogP) is 0.782. The molecule has 1 aliphatic rings. The lowest BCUT2D eigenvalue weighted by molar-refractivity contribution is -0.129. The number of para-hydroxylation sites is 1. The number of anilines is 1. The molecule has 140 valence electrons. The molecule has 25 heavy (non-hydrogen) atoms. The molecule has 2 N–H and O–H groups in total. The number of aliphatic hydroxyl groups is 1. The first kappa shape index (κ1) is 19.7. The van der Waals surface area contributed by atoms with Crippen LogP contribution in [0.25, 0.3) is 0 Å². The lowest BCUT2D eigenvalue weighted by atomic mass is 10.1. The van der Waals surface area contributed by atoms with Gasteiger partial charge in [0.2, 0.25) is 5.91 Å². The standard InChI is InChI=1S/C19H32N4O2/c1-15-6-5-7-16(2)19(15)20-12-18(25)22(4)13-17(24)14-23-10-8-21(3)9-11-23/h5-7,17,20,24H,8-14H2,1-4H3. The van der Waals surface area contributed by atoms with Crippen molar-refractivity contribution in [3.63, 3.8) is 0 Å². The van der Waals surface area contributed by atoms with Crippen molar-refractivity contribution in [3.05, 3.63) is 29.3 Å². The van der Waals surface area contributed by atoms with Crippen molar-refractivity contribution in [3.8, 4) is 0 Å². The van der Waals surface area contributed by atoms with Gasteiger partial charge in [-0.2, -0.15) is 0 Å². The number of β-amino-alcohol motifs (C(OH)–C–C–N with tert-alkyl or cyclic N) is 1. The number of nitrogens with one attached hydrogen (secondary N) is 1. The highest BCUT2D eigenvalue weighted by molar-refractivity contribution is 5.81. The van der Waals surface area contributed by atoms with Crippen molar-refractivity contribution in [1.82, 2.24) is 14.7 Å². The molecule has 0 aromatic heterocycles. The molecule has 0 aliphatic carbocycles. The SMILES string of the molecule is Cc1cccc(C)c1NCC(=O)N(C)CC(O)CN1CCN(C)CC1. The normalized spacial score (nSPS) is 17.3. The minimum Gasteiger partial charge on any atom is -0.390 e. The summed E-state index contributed by atoms with van der Waals surface area (Å²) in [5, 5.41) is 13.5. The van der Waals surface area contributed by atoms with Crippen molar-refractivity contribution in [2.24, 2.45) is 0 Å². The lowest BCUT2D eigenvalue weighted by Gasteiger charge is -2.34. The summed E-state index contributed by atoms with van der Waals surface area (Å²) in [7, 11) is 3.87. The summed E-state index contributed by atoms with van der Waals surface area (Å²) in [6.45, 7) is 9.28. The average Bonchev–Trinajstić information content (AvgIpc) is 2.56. The van der Waals surface area contributed by atoms with Crippen LogP contribution in [0.3, 0.4) is 0 Å². The second-order valence-corrected chi connectivity index (χ2v) is 7.15. The van der Waals surface area contributed by atoms with Crippen molar-refractivity contribution in [1.29, 1.82) is 0 Å². The highest BCUT2D eigenvalue weighted by Gasteiger charge is 2.19. The fourth-order valence-corrected chi connectivity index (χ4v) is 3.20. The van der Waals surface area contributed by atoms with Crippen LogP contribution >= 0.6 is 0 Å². The third kappa shape index (κ3) is 5.99. The van der Waals surface area contributed by atoms with E-state index in [1.165, 1.54) is 0 Å². The van der Waals surface area contributed by atoms with E-state index in [4.69, 9.17) is 0 Å². The van der Waals surface area contributed by atoms with E-state index in [0.717, 1.165) is 43.0 Å². The number of amides is 1. The first-order valence-electron chi connectivity index (χ1n) is 9.00. The molecule has 6 heteroatoms. The number of aryl methyl sites for hydroxylation is 2. The van der Waals surface area contributed by atoms with Gasteiger partial charge in [0.25, 0.3) is 0 Å². The van der Waals surface area contributed by atoms with Gasteiger partial charge in [0.1, 0.15) is 0 Å². The number of rotatable bonds is 7. The van der Waals surface area contributed by atoms with Crippen molar-refractivity contribution >= 4 is 11.6 Å². The van der Waals surface area contributed by atoms with Crippen LogP contribution in [0.4, 0.5) is 5.69 Å². The van der Waals surface area contributed by atoms with E-state index >= 15 is 0 Å². The summed E-state index contributed by atoms with van der Waals surface area (Å²) >= 11 is 0. The van der Waals surface area contributed by atoms with E-state index in [1.807, 2.05) is 32.0 Å². The van der Waals surface area contributed by atoms with Gasteiger partial charge in [-0.25, -0.2) is 0 Å². The van der Waals surface area contributed by atoms with Crippen LogP contribution in [0, 0.1) is 13.8 Å². The molecule has 0 bridgehead atoms. The van der Waals surface area contributed by atoms with Gasteiger partial charge in [-0.3, -0.25) is 9.69 Å². The first-order valence-corrected chi connectivity index (χ1v) is 9.00. The molecule has 6 nitrogen and oxygen atoms in total. The maximum absolute atomic E-state index is 12.3. The Morgan fingerprint density at radius 3 is 2.44 bits per heavy atom. The molecule has 1 atom stereocenters. The van der Waals surface area contributed by atoms with Crippen LogP contribution in [0.5, 0.6) is 0 Å². The van der Waals surface area contributed by atoms with Crippen LogP contribution in [-0.4, -0.2) is 91.7 Å². The Balaban J connectivity index is 1.76. The average molecular weight is 348 g/mol. The van der Waals surface area contributed by atoms with E-state index < -0.39 is 6.10 Å². The Hall–Kier alpha value is -1.63. The monoisotopic (exact) mass is 348 g/mol. The smallest absolute Gasteiger partial charge is 0.241 e. The summed E-state index contributed by atoms with van der Waals surface area (Å²) in [4.78, 5) is 18.5. The number of hydrogen-bond acceptors (Lipinski definition) is 5. The Morgan fingerprint density at radius 1 is 1.24 bits per heavy atom. The number of hydrogen-bond donors (Lipinski definition) is 2. The highest BCUT2D eigenvalue weighted by atomic mass is 16.3. The van der Waals surface area contributed by atoms with Gasteiger partial charge in [-0.1, -0.05) is 18.2 Å². The molecule has 1 aromatic rings. The quantitative estimate of drug-likeness (QED) is 0.763. The maximum atomic E-state index is 12.3. The van der Waals surface area contributed by atoms with E-state index in [1.54, 1.807) is 11.9 Å². The fourth-order valence-electron chi connectivity index (χ4n) is 3.20. The first-order chi connectivity index (χ1) is 11.9. The maximum Gasteiger partial charge on any atom is 0.241 e. The van der Waals surface area contributed by atoms with Gasteiger partial charge >= 0.3 is 0 Å². The molecule has 2 rings (SSSR count). The molecule has 1 aliphatic heterocycles. The van der Waals surface area contributed by atoms with Crippen molar-refractivity contribution in [2.75, 3.05) is 65.2 Å². The summed E-state index contributed by atoms with van der Waals surface area (Å²) in [6.07, 6.45) is -0.516. The lowest BCUT2D eigenvalue weighted by Crippen LogP contribution is -2.49. The summed E-state index contributed by atoms with van der Waals surface area (Å²) in [5.41, 5.74) is 3.28. The Kier molecular flexibility index (Phi) is 7.23. The van der Waals surface area contributed by atoms with Crippen LogP contribution in [0.1, 0.15) is 11.1 Å². The number of nitrogens with zero attached hydrogens (tertiary/aromatic N) is 3. The predicted molar refractivity (Wildman–Crippen MR) is 102 cm³/mol. The molecule has 0 saturated carbocycles. The molecule has 1 aromatic carbocycles. The summed E-state index contributed by atoms with van der Waals surface area (Å²) in [6, 6.07) is 6.07. The summed E-state index contributed by atoms with van der Waals surface area (Å²) < 4.78 is 0. The van der Waals surface area contributed by atoms with Crippen molar-refractivity contribution < 1.29 is 9.90 Å². The minimum absolute atomic E-state index is 0.0138. The minimum atomic E-state index is -0.516. The molecule has 1 saturated heterocycles. The van der Waals surface area contributed by atoms with Crippen LogP contribution < -0.4 is 5.32 Å². The zero-order valence-corrected chi connectivity index (χ0v) is 16.0. The fraction of sp³-hybridized carbons (Fsp3) is 0.632. The molecular weight excluding hydrogens is 316 g/mol. The molecule has 1 fully saturated rings. The van der Waals surface area contributed by atoms with Gasteiger partial charge in [-0.05, 0) is 32.0 Å². The zero-order valence-electron chi connectivity index (χ0n) is 16.0. The second-order valence-electron chi connectivity index (χ2n) is 7.15. The van der Waals surface area contributed by atoms with Crippen LogP contribution in [-0.2, 0) is 4.79 Å². The van der Waals surface area contributed by atoms with E-state index in [0.29, 0.717) is 13.1 Å². The Bertz CT molecular complexity index is 550. The van der Waals surface area contributed by atoms with Gasteiger partial charge in [0.15, 0.2) is 0 Å². The molecular formula is C19H32N4O2. The number of piperazine rings is 1. The Labute approximate surface area is 151 Å². The van der Waals surface area contributed by atoms with E-state index in [2.05, 4.69) is 22.2 Å². The van der Waals surface area contributed by atoms with Gasteiger partial charge in [0.05, 0.1) is 12.6 Å². The number of likely N-dealkylation sites (N-methyl/N-ethyl adjacent to an activating group) is 2. The second kappa shape index (κ2) is 9.17. The number of benzene rings is 1. The zero-order chi connectivity index (χ0) is 18.4. The number of carbonyl (C=O) groups excluding carboxylic acids is 1. The highest BCUT2D eigenvalue weighted by Crippen LogP contribution is 2.18. The van der Waals surface area contributed by atoms with Gasteiger partial charge in [0, 0.05) is 52.0 Å². The van der Waals surface area contributed by atoms with Crippen molar-refractivity contribution in [2.45, 2.75) is 20.0 Å². The van der Waals surface area contributed by atoms with Gasteiger partial charge < -0.3 is 20.2 Å². The Morgan fingerprint density at radius 2 is 1.84 bits per heavy atom. The molecule has 1 amide bonds. The molecule has 1 unspecified atom stereocenters. The van der Waals surface area contributed by atoms with Crippen LogP contribution in [0.2, 0.25) is 0 Å².